The summed E-state index contributed by atoms with van der Waals surface area (Å²) in [4.78, 5) is 6.59. The lowest BCUT2D eigenvalue weighted by atomic mass is 10.0. The summed E-state index contributed by atoms with van der Waals surface area (Å²) in [5, 5.41) is 6.98. The Kier molecular flexibility index (Phi) is 7.35. The van der Waals surface area contributed by atoms with Crippen molar-refractivity contribution in [3.8, 4) is 0 Å². The number of nitrogens with zero attached hydrogens (tertiary/aromatic N) is 2. The van der Waals surface area contributed by atoms with Gasteiger partial charge < -0.3 is 15.5 Å². The summed E-state index contributed by atoms with van der Waals surface area (Å²) in [6, 6.07) is 7.28. The molecule has 134 valence electrons. The summed E-state index contributed by atoms with van der Waals surface area (Å²) in [7, 11) is 1.82. The molecule has 0 atom stereocenters. The number of hydrogen-bond donors (Lipinski definition) is 2. The van der Waals surface area contributed by atoms with E-state index in [0.717, 1.165) is 44.1 Å². The molecule has 0 spiro atoms. The predicted octanol–water partition coefficient (Wildman–Crippen LogP) is 3.40. The highest BCUT2D eigenvalue weighted by Gasteiger charge is 2.20. The van der Waals surface area contributed by atoms with Crippen molar-refractivity contribution in [2.75, 3.05) is 31.6 Å². The summed E-state index contributed by atoms with van der Waals surface area (Å²) in [6.45, 7) is 7.30. The maximum atomic E-state index is 13.4. The van der Waals surface area contributed by atoms with Crippen LogP contribution in [-0.4, -0.2) is 38.7 Å². The first-order valence-electron chi connectivity index (χ1n) is 9.13. The van der Waals surface area contributed by atoms with Gasteiger partial charge in [0.15, 0.2) is 5.96 Å². The maximum Gasteiger partial charge on any atom is 0.191 e. The van der Waals surface area contributed by atoms with Gasteiger partial charge in [0, 0.05) is 38.4 Å². The zero-order valence-electron chi connectivity index (χ0n) is 15.2. The van der Waals surface area contributed by atoms with E-state index in [0.29, 0.717) is 12.0 Å². The molecular formula is C19H31FN4. The molecule has 0 unspecified atom stereocenters. The van der Waals surface area contributed by atoms with E-state index in [9.17, 15) is 4.39 Å². The minimum Gasteiger partial charge on any atom is -0.371 e. The fourth-order valence-corrected chi connectivity index (χ4v) is 3.16. The second-order valence-corrected chi connectivity index (χ2v) is 6.52. The van der Waals surface area contributed by atoms with Crippen LogP contribution in [0.25, 0.3) is 0 Å². The van der Waals surface area contributed by atoms with Gasteiger partial charge in [0.1, 0.15) is 5.82 Å². The molecule has 2 rings (SSSR count). The van der Waals surface area contributed by atoms with E-state index in [2.05, 4.69) is 34.4 Å². The van der Waals surface area contributed by atoms with E-state index in [1.807, 2.05) is 13.1 Å². The lowest BCUT2D eigenvalue weighted by Gasteiger charge is -2.34. The van der Waals surface area contributed by atoms with Gasteiger partial charge in [-0.2, -0.15) is 0 Å². The Balaban J connectivity index is 1.79. The van der Waals surface area contributed by atoms with Crippen LogP contribution in [0.2, 0.25) is 0 Å². The van der Waals surface area contributed by atoms with Gasteiger partial charge in [-0.3, -0.25) is 4.99 Å². The fourth-order valence-electron chi connectivity index (χ4n) is 3.16. The molecule has 0 aromatic heterocycles. The number of anilines is 1. The molecule has 1 aliphatic rings. The third-order valence-electron chi connectivity index (χ3n) is 4.95. The molecule has 0 amide bonds. The fraction of sp³-hybridized carbons (Fsp3) is 0.632. The van der Waals surface area contributed by atoms with E-state index in [4.69, 9.17) is 0 Å². The van der Waals surface area contributed by atoms with E-state index in [1.165, 1.54) is 18.9 Å². The third-order valence-corrected chi connectivity index (χ3v) is 4.95. The van der Waals surface area contributed by atoms with Gasteiger partial charge in [0.05, 0.1) is 0 Å². The average molecular weight is 334 g/mol. The monoisotopic (exact) mass is 334 g/mol. The van der Waals surface area contributed by atoms with Crippen molar-refractivity contribution in [1.82, 2.24) is 10.6 Å². The van der Waals surface area contributed by atoms with Crippen LogP contribution >= 0.6 is 0 Å². The number of aliphatic imine (C=N–C) groups is 1. The van der Waals surface area contributed by atoms with Crippen LogP contribution in [0.4, 0.5) is 10.1 Å². The topological polar surface area (TPSA) is 39.7 Å². The SMILES string of the molecule is CCC(CC)CNC(=NC)NC1CCN(c2cccc(F)c2)CC1. The van der Waals surface area contributed by atoms with E-state index in [1.54, 1.807) is 12.1 Å². The highest BCUT2D eigenvalue weighted by atomic mass is 19.1. The molecule has 0 radical (unpaired) electrons. The second kappa shape index (κ2) is 9.50. The highest BCUT2D eigenvalue weighted by molar-refractivity contribution is 5.80. The number of piperidine rings is 1. The summed E-state index contributed by atoms with van der Waals surface area (Å²) in [5.74, 6) is 1.42. The van der Waals surface area contributed by atoms with Gasteiger partial charge in [-0.05, 0) is 37.0 Å². The quantitative estimate of drug-likeness (QED) is 0.619. The number of nitrogens with one attached hydrogen (secondary N) is 2. The van der Waals surface area contributed by atoms with E-state index >= 15 is 0 Å². The number of rotatable bonds is 6. The van der Waals surface area contributed by atoms with Crippen LogP contribution in [0, 0.1) is 11.7 Å². The third kappa shape index (κ3) is 5.39. The van der Waals surface area contributed by atoms with Crippen molar-refractivity contribution in [2.45, 2.75) is 45.6 Å². The zero-order chi connectivity index (χ0) is 17.4. The number of hydrogen-bond acceptors (Lipinski definition) is 2. The average Bonchev–Trinajstić information content (AvgIpc) is 2.62. The number of benzene rings is 1. The number of guanidine groups is 1. The summed E-state index contributed by atoms with van der Waals surface area (Å²) in [6.07, 6.45) is 4.43. The van der Waals surface area contributed by atoms with Crippen LogP contribution < -0.4 is 15.5 Å². The molecule has 1 heterocycles. The zero-order valence-corrected chi connectivity index (χ0v) is 15.2. The highest BCUT2D eigenvalue weighted by Crippen LogP contribution is 2.20. The second-order valence-electron chi connectivity index (χ2n) is 6.52. The van der Waals surface area contributed by atoms with E-state index < -0.39 is 0 Å². The lowest BCUT2D eigenvalue weighted by molar-refractivity contribution is 0.449. The Morgan fingerprint density at radius 1 is 1.29 bits per heavy atom. The minimum atomic E-state index is -0.168. The predicted molar refractivity (Wildman–Crippen MR) is 100 cm³/mol. The molecule has 1 fully saturated rings. The van der Waals surface area contributed by atoms with Crippen molar-refractivity contribution in [1.29, 1.82) is 0 Å². The summed E-state index contributed by atoms with van der Waals surface area (Å²) < 4.78 is 13.4. The Labute approximate surface area is 145 Å². The Bertz CT molecular complexity index is 520. The molecule has 0 saturated carbocycles. The van der Waals surface area contributed by atoms with Crippen LogP contribution in [0.15, 0.2) is 29.3 Å². The number of halogens is 1. The molecule has 1 aromatic carbocycles. The minimum absolute atomic E-state index is 0.168. The van der Waals surface area contributed by atoms with Gasteiger partial charge in [-0.15, -0.1) is 0 Å². The Morgan fingerprint density at radius 2 is 2.00 bits per heavy atom. The molecule has 0 aliphatic carbocycles. The van der Waals surface area contributed by atoms with Gasteiger partial charge >= 0.3 is 0 Å². The first-order chi connectivity index (χ1) is 11.7. The van der Waals surface area contributed by atoms with Gasteiger partial charge in [-0.25, -0.2) is 4.39 Å². The van der Waals surface area contributed by atoms with Gasteiger partial charge in [0.25, 0.3) is 0 Å². The van der Waals surface area contributed by atoms with Crippen LogP contribution in [-0.2, 0) is 0 Å². The molecule has 24 heavy (non-hydrogen) atoms. The van der Waals surface area contributed by atoms with Crippen molar-refractivity contribution in [2.24, 2.45) is 10.9 Å². The van der Waals surface area contributed by atoms with E-state index in [-0.39, 0.29) is 5.82 Å². The molecule has 1 saturated heterocycles. The Hall–Kier alpha value is -1.78. The smallest absolute Gasteiger partial charge is 0.191 e. The van der Waals surface area contributed by atoms with Crippen molar-refractivity contribution < 1.29 is 4.39 Å². The Morgan fingerprint density at radius 3 is 2.58 bits per heavy atom. The molecule has 5 heteroatoms. The van der Waals surface area contributed by atoms with Gasteiger partial charge in [-0.1, -0.05) is 32.8 Å². The molecule has 1 aromatic rings. The summed E-state index contributed by atoms with van der Waals surface area (Å²) >= 11 is 0. The molecular weight excluding hydrogens is 303 g/mol. The molecule has 0 bridgehead atoms. The maximum absolute atomic E-state index is 13.4. The van der Waals surface area contributed by atoms with Crippen molar-refractivity contribution in [3.63, 3.8) is 0 Å². The normalized spacial score (nSPS) is 16.5. The first-order valence-corrected chi connectivity index (χ1v) is 9.13. The van der Waals surface area contributed by atoms with Crippen LogP contribution in [0.1, 0.15) is 39.5 Å². The first kappa shape index (κ1) is 18.6. The van der Waals surface area contributed by atoms with Crippen LogP contribution in [0.3, 0.4) is 0 Å². The molecule has 1 aliphatic heterocycles. The lowest BCUT2D eigenvalue weighted by Crippen LogP contribution is -2.49. The van der Waals surface area contributed by atoms with Crippen molar-refractivity contribution in [3.05, 3.63) is 30.1 Å². The standard InChI is InChI=1S/C19H31FN4/c1-4-15(5-2)14-22-19(21-3)23-17-9-11-24(12-10-17)18-8-6-7-16(20)13-18/h6-8,13,15,17H,4-5,9-12,14H2,1-3H3,(H2,21,22,23). The largest absolute Gasteiger partial charge is 0.371 e. The summed E-state index contributed by atoms with van der Waals surface area (Å²) in [5.41, 5.74) is 0.977. The molecule has 2 N–H and O–H groups in total. The molecule has 4 nitrogen and oxygen atoms in total. The van der Waals surface area contributed by atoms with Crippen molar-refractivity contribution >= 4 is 11.6 Å². The van der Waals surface area contributed by atoms with Crippen LogP contribution in [0.5, 0.6) is 0 Å². The van der Waals surface area contributed by atoms with Gasteiger partial charge in [0.2, 0.25) is 0 Å².